The quantitative estimate of drug-likeness (QED) is 0.628. The van der Waals surface area contributed by atoms with Gasteiger partial charge < -0.3 is 14.8 Å². The van der Waals surface area contributed by atoms with Gasteiger partial charge in [0, 0.05) is 40.8 Å². The van der Waals surface area contributed by atoms with Gasteiger partial charge in [0.25, 0.3) is 5.91 Å². The van der Waals surface area contributed by atoms with E-state index in [-0.39, 0.29) is 17.2 Å². The van der Waals surface area contributed by atoms with Gasteiger partial charge in [0.15, 0.2) is 0 Å². The summed E-state index contributed by atoms with van der Waals surface area (Å²) in [6, 6.07) is 12.0. The molecule has 35 heavy (non-hydrogen) atoms. The van der Waals surface area contributed by atoms with Crippen molar-refractivity contribution in [2.75, 3.05) is 0 Å². The van der Waals surface area contributed by atoms with E-state index in [2.05, 4.69) is 33.0 Å². The van der Waals surface area contributed by atoms with Crippen molar-refractivity contribution in [2.45, 2.75) is 78.6 Å². The minimum Gasteiger partial charge on any atom is -0.488 e. The van der Waals surface area contributed by atoms with Gasteiger partial charge in [-0.2, -0.15) is 0 Å². The standard InChI is InChI=1S/C30H35NO4/c1-18-10-11-24-28(2,3)25(32)12-13-30(24)29(18,4)15-21-23(34-17-19-8-6-5-7-9-19)14-20-22(26(21)35-30)16-31-27(20)33/h5-9,14,18,24H,10-13,15-17H2,1-4H3,(H,31,33)/t18-,24-,29+,30-/m0/s1. The fraction of sp³-hybridized carbons (Fsp3) is 0.533. The summed E-state index contributed by atoms with van der Waals surface area (Å²) in [6.45, 7) is 9.87. The lowest BCUT2D eigenvalue weighted by Crippen LogP contribution is -2.69. The van der Waals surface area contributed by atoms with E-state index in [4.69, 9.17) is 9.47 Å². The molecule has 0 aromatic heterocycles. The van der Waals surface area contributed by atoms with Crippen LogP contribution in [-0.2, 0) is 24.4 Å². The predicted molar refractivity (Wildman–Crippen MR) is 133 cm³/mol. The summed E-state index contributed by atoms with van der Waals surface area (Å²) >= 11 is 0. The Morgan fingerprint density at radius 3 is 2.63 bits per heavy atom. The maximum Gasteiger partial charge on any atom is 0.252 e. The molecule has 2 aromatic rings. The number of fused-ring (bicyclic) bond motifs is 3. The van der Waals surface area contributed by atoms with E-state index in [0.717, 1.165) is 53.9 Å². The predicted octanol–water partition coefficient (Wildman–Crippen LogP) is 5.62. The number of nitrogens with one attached hydrogen (secondary N) is 1. The van der Waals surface area contributed by atoms with Crippen LogP contribution in [0.1, 0.15) is 80.4 Å². The van der Waals surface area contributed by atoms with Crippen molar-refractivity contribution in [2.24, 2.45) is 22.7 Å². The first-order chi connectivity index (χ1) is 16.7. The van der Waals surface area contributed by atoms with E-state index in [1.807, 2.05) is 36.4 Å². The summed E-state index contributed by atoms with van der Waals surface area (Å²) in [6.07, 6.45) is 4.20. The van der Waals surface area contributed by atoms with Gasteiger partial charge in [-0.1, -0.05) is 58.0 Å². The van der Waals surface area contributed by atoms with Gasteiger partial charge >= 0.3 is 0 Å². The van der Waals surface area contributed by atoms with Crippen LogP contribution in [0.5, 0.6) is 11.5 Å². The van der Waals surface area contributed by atoms with E-state index in [9.17, 15) is 9.59 Å². The van der Waals surface area contributed by atoms with Crippen molar-refractivity contribution in [1.29, 1.82) is 0 Å². The molecule has 5 heteroatoms. The highest BCUT2D eigenvalue weighted by Gasteiger charge is 2.68. The number of ether oxygens (including phenoxy) is 2. The Morgan fingerprint density at radius 1 is 1.09 bits per heavy atom. The highest BCUT2D eigenvalue weighted by atomic mass is 16.5. The van der Waals surface area contributed by atoms with Crippen LogP contribution in [0.25, 0.3) is 0 Å². The maximum atomic E-state index is 13.0. The number of benzene rings is 2. The molecule has 0 radical (unpaired) electrons. The summed E-state index contributed by atoms with van der Waals surface area (Å²) in [7, 11) is 0. The molecule has 2 aliphatic heterocycles. The number of Topliss-reactive ketones (excluding diaryl/α,β-unsaturated/α-hetero) is 1. The highest BCUT2D eigenvalue weighted by Crippen LogP contribution is 2.66. The fourth-order valence-corrected chi connectivity index (χ4v) is 7.63. The molecule has 5 nitrogen and oxygen atoms in total. The Bertz CT molecular complexity index is 1220. The average Bonchev–Trinajstić information content (AvgIpc) is 3.21. The Hall–Kier alpha value is -2.82. The number of ketones is 1. The van der Waals surface area contributed by atoms with Crippen molar-refractivity contribution in [3.05, 3.63) is 58.7 Å². The van der Waals surface area contributed by atoms with Gasteiger partial charge in [-0.25, -0.2) is 0 Å². The number of rotatable bonds is 3. The van der Waals surface area contributed by atoms with Crippen molar-refractivity contribution in [3.63, 3.8) is 0 Å². The lowest BCUT2D eigenvalue weighted by atomic mass is 9.44. The summed E-state index contributed by atoms with van der Waals surface area (Å²) in [5.74, 6) is 2.45. The Labute approximate surface area is 207 Å². The van der Waals surface area contributed by atoms with E-state index in [1.54, 1.807) is 0 Å². The molecule has 2 heterocycles. The Balaban J connectivity index is 1.50. The zero-order valence-electron chi connectivity index (χ0n) is 21.2. The van der Waals surface area contributed by atoms with E-state index >= 15 is 0 Å². The van der Waals surface area contributed by atoms with Crippen molar-refractivity contribution in [1.82, 2.24) is 5.32 Å². The lowest BCUT2D eigenvalue weighted by Gasteiger charge is -2.65. The molecule has 184 valence electrons. The zero-order valence-corrected chi connectivity index (χ0v) is 21.2. The summed E-state index contributed by atoms with van der Waals surface area (Å²) < 4.78 is 13.6. The smallest absolute Gasteiger partial charge is 0.252 e. The Kier molecular flexibility index (Phi) is 4.91. The molecule has 4 atom stereocenters. The monoisotopic (exact) mass is 473 g/mol. The highest BCUT2D eigenvalue weighted by molar-refractivity contribution is 6.00. The van der Waals surface area contributed by atoms with Crippen LogP contribution in [0.3, 0.4) is 0 Å². The third-order valence-corrected chi connectivity index (χ3v) is 10.0. The second-order valence-corrected chi connectivity index (χ2v) is 11.9. The number of carbonyl (C=O) groups excluding carboxylic acids is 2. The third kappa shape index (κ3) is 3.06. The second kappa shape index (κ2) is 7.59. The largest absolute Gasteiger partial charge is 0.488 e. The molecule has 0 unspecified atom stereocenters. The second-order valence-electron chi connectivity index (χ2n) is 11.9. The van der Waals surface area contributed by atoms with Gasteiger partial charge in [-0.15, -0.1) is 0 Å². The number of hydrogen-bond acceptors (Lipinski definition) is 4. The molecule has 1 N–H and O–H groups in total. The number of hydrogen-bond donors (Lipinski definition) is 1. The SMILES string of the molecule is C[C@H]1CC[C@H]2C(C)(C)C(=O)CC[C@]23Oc2c(c(OCc4ccccc4)cc4c2CNC4=O)C[C@]13C. The normalized spacial score (nSPS) is 32.5. The number of carbonyl (C=O) groups is 2. The third-order valence-electron chi connectivity index (χ3n) is 10.0. The Morgan fingerprint density at radius 2 is 1.86 bits per heavy atom. The van der Waals surface area contributed by atoms with Crippen LogP contribution in [0.4, 0.5) is 0 Å². The molecule has 2 fully saturated rings. The van der Waals surface area contributed by atoms with E-state index in [0.29, 0.717) is 36.8 Å². The maximum absolute atomic E-state index is 13.0. The number of amides is 1. The summed E-state index contributed by atoms with van der Waals surface area (Å²) in [5.41, 5.74) is 2.78. The molecule has 2 aromatic carbocycles. The summed E-state index contributed by atoms with van der Waals surface area (Å²) in [4.78, 5) is 25.8. The molecule has 0 saturated heterocycles. The first-order valence-electron chi connectivity index (χ1n) is 13.0. The van der Waals surface area contributed by atoms with Crippen LogP contribution in [0.15, 0.2) is 36.4 Å². The van der Waals surface area contributed by atoms with Crippen LogP contribution < -0.4 is 14.8 Å². The van der Waals surface area contributed by atoms with Gasteiger partial charge in [-0.3, -0.25) is 9.59 Å². The van der Waals surface area contributed by atoms with Crippen LogP contribution in [0, 0.1) is 22.7 Å². The molecule has 2 aliphatic carbocycles. The molecule has 4 aliphatic rings. The molecule has 1 spiro atoms. The summed E-state index contributed by atoms with van der Waals surface area (Å²) in [5, 5.41) is 2.99. The average molecular weight is 474 g/mol. The minimum absolute atomic E-state index is 0.0745. The van der Waals surface area contributed by atoms with Gasteiger partial charge in [0.2, 0.25) is 0 Å². The topological polar surface area (TPSA) is 64.6 Å². The van der Waals surface area contributed by atoms with Crippen LogP contribution in [0.2, 0.25) is 0 Å². The van der Waals surface area contributed by atoms with Crippen LogP contribution in [-0.4, -0.2) is 17.3 Å². The molecule has 2 saturated carbocycles. The van der Waals surface area contributed by atoms with Gasteiger partial charge in [-0.05, 0) is 43.2 Å². The van der Waals surface area contributed by atoms with E-state index in [1.165, 1.54) is 0 Å². The minimum atomic E-state index is -0.424. The van der Waals surface area contributed by atoms with Crippen molar-refractivity contribution in [3.8, 4) is 11.5 Å². The molecule has 0 bridgehead atoms. The fourth-order valence-electron chi connectivity index (χ4n) is 7.63. The van der Waals surface area contributed by atoms with E-state index < -0.39 is 11.0 Å². The molecular formula is C30H35NO4. The first-order valence-corrected chi connectivity index (χ1v) is 13.0. The van der Waals surface area contributed by atoms with Crippen molar-refractivity contribution < 1.29 is 19.1 Å². The van der Waals surface area contributed by atoms with Gasteiger partial charge in [0.05, 0.1) is 5.56 Å². The van der Waals surface area contributed by atoms with Gasteiger partial charge in [0.1, 0.15) is 29.5 Å². The van der Waals surface area contributed by atoms with Crippen LogP contribution >= 0.6 is 0 Å². The lowest BCUT2D eigenvalue weighted by molar-refractivity contribution is -0.209. The molecular weight excluding hydrogens is 438 g/mol. The van der Waals surface area contributed by atoms with Crippen molar-refractivity contribution >= 4 is 11.7 Å². The first kappa shape index (κ1) is 22.6. The molecule has 6 rings (SSSR count). The zero-order chi connectivity index (χ0) is 24.6. The molecule has 1 amide bonds.